The number of benzene rings is 4. The molecule has 1 radical (unpaired) electrons. The first-order chi connectivity index (χ1) is 23.5. The smallest absolute Gasteiger partial charge is 0.0280 e. The second-order valence-corrected chi connectivity index (χ2v) is 11.6. The van der Waals surface area contributed by atoms with Crippen LogP contribution in [0.25, 0.3) is 33.6 Å². The molecule has 0 atom stereocenters. The number of fused-ring (bicyclic) bond motifs is 2. The van der Waals surface area contributed by atoms with Crippen LogP contribution in [0.4, 0.5) is 0 Å². The Morgan fingerprint density at radius 3 is 2.00 bits per heavy atom. The minimum Gasteiger partial charge on any atom is -0.305 e. The van der Waals surface area contributed by atoms with Crippen molar-refractivity contribution in [3.8, 4) is 33.6 Å². The van der Waals surface area contributed by atoms with E-state index in [1.165, 1.54) is 72.3 Å². The number of hydrogen-bond acceptors (Lipinski definition) is 2. The zero-order chi connectivity index (χ0) is 34.2. The Hall–Kier alpha value is -4.17. The molecule has 0 amide bonds. The van der Waals surface area contributed by atoms with Gasteiger partial charge in [0.1, 0.15) is 0 Å². The van der Waals surface area contributed by atoms with Gasteiger partial charge in [-0.25, -0.2) is 0 Å². The Morgan fingerprint density at radius 2 is 1.32 bits per heavy atom. The Kier molecular flexibility index (Phi) is 6.77. The van der Waals surface area contributed by atoms with Crippen LogP contribution in [0.5, 0.6) is 0 Å². The predicted molar refractivity (Wildman–Crippen MR) is 176 cm³/mol. The Morgan fingerprint density at radius 1 is 0.614 bits per heavy atom. The normalized spacial score (nSPS) is 16.4. The zero-order valence-electron chi connectivity index (χ0n) is 30.1. The van der Waals surface area contributed by atoms with Crippen molar-refractivity contribution in [1.29, 1.82) is 0 Å². The topological polar surface area (TPSA) is 25.8 Å². The predicted octanol–water partition coefficient (Wildman–Crippen LogP) is 9.26. The summed E-state index contributed by atoms with van der Waals surface area (Å²) in [4.78, 5) is 8.63. The van der Waals surface area contributed by atoms with Crippen LogP contribution in [0.15, 0.2) is 122 Å². The van der Waals surface area contributed by atoms with Gasteiger partial charge < -0.3 is 9.97 Å². The third-order valence-electron chi connectivity index (χ3n) is 8.52. The van der Waals surface area contributed by atoms with Gasteiger partial charge in [0.2, 0.25) is 0 Å². The van der Waals surface area contributed by atoms with E-state index in [4.69, 9.17) is 8.22 Å². The minimum absolute atomic E-state index is 0. The van der Waals surface area contributed by atoms with E-state index in [1.54, 1.807) is 23.3 Å². The van der Waals surface area contributed by atoms with Gasteiger partial charge in [0.05, 0.1) is 0 Å². The summed E-state index contributed by atoms with van der Waals surface area (Å²) < 4.78 is 43.6. The number of nitrogens with zero attached hydrogens (tertiary/aromatic N) is 2. The average Bonchev–Trinajstić information content (AvgIpc) is 3.65. The van der Waals surface area contributed by atoms with Gasteiger partial charge in [-0.05, 0) is 94.3 Å². The molecule has 44 heavy (non-hydrogen) atoms. The maximum Gasteiger partial charge on any atom is 0.0280 e. The third-order valence-corrected chi connectivity index (χ3v) is 8.52. The van der Waals surface area contributed by atoms with Crippen molar-refractivity contribution in [1.82, 2.24) is 9.97 Å². The Bertz CT molecular complexity index is 2010. The summed E-state index contributed by atoms with van der Waals surface area (Å²) in [6, 6.07) is 42.1. The van der Waals surface area contributed by atoms with Gasteiger partial charge in [-0.1, -0.05) is 67.5 Å². The SMILES string of the molecule is [2H]C([2H])([2H])c1c[c-]c(-c2ccc(C([2H])([2H])[2H])cn2)cc1.[Ir].[c-]1ccccc1-c1cc(-c2ccc3c(c2)CC2(Cc4ccccc4C2)C3)ccn1. The van der Waals surface area contributed by atoms with Crippen LogP contribution in [-0.4, -0.2) is 9.97 Å². The van der Waals surface area contributed by atoms with Crippen molar-refractivity contribution in [2.45, 2.75) is 39.4 Å². The molecular formula is C41H34IrN2-2. The summed E-state index contributed by atoms with van der Waals surface area (Å²) in [5.41, 5.74) is 12.6. The van der Waals surface area contributed by atoms with Gasteiger partial charge in [0, 0.05) is 40.7 Å². The van der Waals surface area contributed by atoms with E-state index in [0.717, 1.165) is 11.3 Å². The summed E-state index contributed by atoms with van der Waals surface area (Å²) in [6.45, 7) is -4.34. The molecular weight excluding hydrogens is 713 g/mol. The standard InChI is InChI=1S/C28H22N.C13H12N.Ir/c1-2-6-20(7-3-1)27-15-22(12-13-29-27)21-10-11-25-18-28(19-26(25)14-21)16-23-8-4-5-9-24(23)17-28;1-10-3-6-12(7-4-10)13-8-5-11(2)9-14-13;/h1-6,8-15H,16-19H2;3-6,8-9H,1-2H3;/q2*-1;/i;1D3,2D3;. The molecule has 0 N–H and O–H groups in total. The van der Waals surface area contributed by atoms with Crippen LogP contribution in [0, 0.1) is 31.3 Å². The largest absolute Gasteiger partial charge is 0.305 e. The van der Waals surface area contributed by atoms with Crippen LogP contribution in [0.2, 0.25) is 0 Å². The first-order valence-corrected chi connectivity index (χ1v) is 14.6. The molecule has 0 saturated carbocycles. The Balaban J connectivity index is 0.000000182. The molecule has 4 aromatic carbocycles. The number of aromatic nitrogens is 2. The van der Waals surface area contributed by atoms with E-state index < -0.39 is 13.7 Å². The fraction of sp³-hybridized carbons (Fsp3) is 0.171. The first-order valence-electron chi connectivity index (χ1n) is 17.6. The Labute approximate surface area is 283 Å². The molecule has 219 valence electrons. The maximum absolute atomic E-state index is 7.28. The van der Waals surface area contributed by atoms with Gasteiger partial charge in [-0.15, -0.1) is 71.3 Å². The van der Waals surface area contributed by atoms with Gasteiger partial charge >= 0.3 is 0 Å². The van der Waals surface area contributed by atoms with Crippen LogP contribution in [-0.2, 0) is 45.8 Å². The summed E-state index contributed by atoms with van der Waals surface area (Å²) in [6.07, 6.45) is 8.04. The molecule has 3 heteroatoms. The molecule has 2 nitrogen and oxygen atoms in total. The van der Waals surface area contributed by atoms with Crippen LogP contribution in [0.3, 0.4) is 0 Å². The van der Waals surface area contributed by atoms with Crippen molar-refractivity contribution in [3.63, 3.8) is 0 Å². The molecule has 0 unspecified atom stereocenters. The van der Waals surface area contributed by atoms with Crippen molar-refractivity contribution < 1.29 is 28.3 Å². The quantitative estimate of drug-likeness (QED) is 0.169. The van der Waals surface area contributed by atoms with Crippen molar-refractivity contribution >= 4 is 0 Å². The van der Waals surface area contributed by atoms with Gasteiger partial charge in [-0.2, -0.15) is 0 Å². The molecule has 6 aromatic rings. The summed E-state index contributed by atoms with van der Waals surface area (Å²) in [5, 5.41) is 0. The maximum atomic E-state index is 7.28. The summed E-state index contributed by atoms with van der Waals surface area (Å²) in [5.74, 6) is 0. The van der Waals surface area contributed by atoms with Gasteiger partial charge in [0.25, 0.3) is 0 Å². The molecule has 0 bridgehead atoms. The number of pyridine rings is 2. The molecule has 0 aliphatic heterocycles. The molecule has 2 heterocycles. The van der Waals surface area contributed by atoms with E-state index in [0.29, 0.717) is 16.7 Å². The minimum atomic E-state index is -2.18. The summed E-state index contributed by atoms with van der Waals surface area (Å²) in [7, 11) is 0. The molecule has 0 fully saturated rings. The van der Waals surface area contributed by atoms with E-state index in [2.05, 4.69) is 82.8 Å². The van der Waals surface area contributed by atoms with Crippen molar-refractivity contribution in [2.75, 3.05) is 0 Å². The molecule has 2 aliphatic carbocycles. The van der Waals surface area contributed by atoms with Crippen molar-refractivity contribution in [3.05, 3.63) is 167 Å². The number of aryl methyl sites for hydroxylation is 2. The average molecular weight is 753 g/mol. The molecule has 2 aromatic heterocycles. The van der Waals surface area contributed by atoms with Crippen LogP contribution < -0.4 is 0 Å². The fourth-order valence-corrected chi connectivity index (χ4v) is 6.48. The molecule has 8 rings (SSSR count). The molecule has 2 aliphatic rings. The van der Waals surface area contributed by atoms with E-state index >= 15 is 0 Å². The van der Waals surface area contributed by atoms with Crippen LogP contribution >= 0.6 is 0 Å². The van der Waals surface area contributed by atoms with E-state index in [9.17, 15) is 0 Å². The monoisotopic (exact) mass is 753 g/mol. The van der Waals surface area contributed by atoms with Crippen LogP contribution in [0.1, 0.15) is 41.6 Å². The number of rotatable bonds is 3. The molecule has 0 saturated heterocycles. The molecule has 1 spiro atoms. The second kappa shape index (κ2) is 12.8. The van der Waals surface area contributed by atoms with Gasteiger partial charge in [0.15, 0.2) is 0 Å². The second-order valence-electron chi connectivity index (χ2n) is 11.6. The van der Waals surface area contributed by atoms with E-state index in [1.807, 2.05) is 24.4 Å². The fourth-order valence-electron chi connectivity index (χ4n) is 6.48. The first kappa shape index (κ1) is 23.2. The zero-order valence-corrected chi connectivity index (χ0v) is 26.5. The number of hydrogen-bond donors (Lipinski definition) is 0. The summed E-state index contributed by atoms with van der Waals surface area (Å²) >= 11 is 0. The van der Waals surface area contributed by atoms with Crippen molar-refractivity contribution in [2.24, 2.45) is 5.41 Å². The van der Waals surface area contributed by atoms with Gasteiger partial charge in [-0.3, -0.25) is 0 Å². The third kappa shape index (κ3) is 6.36. The van der Waals surface area contributed by atoms with E-state index in [-0.39, 0.29) is 31.2 Å².